The van der Waals surface area contributed by atoms with Crippen molar-refractivity contribution in [1.29, 1.82) is 0 Å². The molecule has 1 heterocycles. The van der Waals surface area contributed by atoms with Gasteiger partial charge in [-0.2, -0.15) is 22.7 Å². The number of thiazole rings is 1. The molecule has 0 unspecified atom stereocenters. The van der Waals surface area contributed by atoms with E-state index in [4.69, 9.17) is 4.99 Å². The zero-order chi connectivity index (χ0) is 25.7. The summed E-state index contributed by atoms with van der Waals surface area (Å²) in [5.41, 5.74) is 4.96. The summed E-state index contributed by atoms with van der Waals surface area (Å²) in [7, 11) is 0. The quantitative estimate of drug-likeness (QED) is 0.185. The van der Waals surface area contributed by atoms with Crippen LogP contribution in [-0.4, -0.2) is 24.1 Å². The molecule has 0 radical (unpaired) electrons. The van der Waals surface area contributed by atoms with Crippen molar-refractivity contribution in [2.24, 2.45) is 10.1 Å². The molecule has 1 aromatic heterocycles. The lowest BCUT2D eigenvalue weighted by atomic mass is 10.1. The molecular weight excluding hydrogens is 494 g/mol. The van der Waals surface area contributed by atoms with Crippen LogP contribution in [0.1, 0.15) is 16.7 Å². The number of alkyl halides is 4. The number of hydrogen-bond donors (Lipinski definition) is 0. The summed E-state index contributed by atoms with van der Waals surface area (Å²) in [6.07, 6.45) is 1.57. The van der Waals surface area contributed by atoms with E-state index in [9.17, 15) is 17.6 Å². The Morgan fingerprint density at radius 1 is 0.833 bits per heavy atom. The molecule has 5 nitrogen and oxygen atoms in total. The summed E-state index contributed by atoms with van der Waals surface area (Å²) in [6.45, 7) is -1.84. The van der Waals surface area contributed by atoms with Gasteiger partial charge >= 0.3 is 13.2 Å². The minimum atomic E-state index is -2.91. The van der Waals surface area contributed by atoms with Crippen molar-refractivity contribution in [2.75, 3.05) is 0 Å². The van der Waals surface area contributed by atoms with E-state index in [0.29, 0.717) is 21.6 Å². The Kier molecular flexibility index (Phi) is 7.84. The van der Waals surface area contributed by atoms with Crippen LogP contribution in [0.5, 0.6) is 11.5 Å². The highest BCUT2D eigenvalue weighted by Crippen LogP contribution is 2.25. The molecule has 4 aromatic rings. The maximum atomic E-state index is 12.5. The standard InChI is InChI=1S/C26H21F4N3O2S/c1-16-3-12-22(17(2)13-16)32-26-33(31-14-18-4-8-20(9-5-18)34-24(27)28)23(15-36-26)19-6-10-21(11-7-19)35-25(29)30/h3-15,24-25H,1-2H3/b31-14+,32-26?. The van der Waals surface area contributed by atoms with Crippen LogP contribution in [0, 0.1) is 13.8 Å². The van der Waals surface area contributed by atoms with E-state index in [0.717, 1.165) is 16.8 Å². The monoisotopic (exact) mass is 515 g/mol. The fraction of sp³-hybridized carbons (Fsp3) is 0.154. The normalized spacial score (nSPS) is 12.2. The molecule has 0 amide bonds. The lowest BCUT2D eigenvalue weighted by Gasteiger charge is -2.07. The molecule has 3 aromatic carbocycles. The summed E-state index contributed by atoms with van der Waals surface area (Å²) >= 11 is 1.37. The number of rotatable bonds is 8. The molecule has 10 heteroatoms. The maximum absolute atomic E-state index is 12.5. The average Bonchev–Trinajstić information content (AvgIpc) is 3.22. The topological polar surface area (TPSA) is 48.1 Å². The zero-order valence-electron chi connectivity index (χ0n) is 19.2. The van der Waals surface area contributed by atoms with Gasteiger partial charge in [0.25, 0.3) is 0 Å². The van der Waals surface area contributed by atoms with E-state index in [1.54, 1.807) is 35.2 Å². The Labute approximate surface area is 208 Å². The van der Waals surface area contributed by atoms with Crippen molar-refractivity contribution in [3.05, 3.63) is 93.6 Å². The summed E-state index contributed by atoms with van der Waals surface area (Å²) in [4.78, 5) is 5.37. The number of halogens is 4. The number of nitrogens with zero attached hydrogens (tertiary/aromatic N) is 3. The molecular formula is C26H21F4N3O2S. The largest absolute Gasteiger partial charge is 0.435 e. The highest BCUT2D eigenvalue weighted by atomic mass is 32.1. The van der Waals surface area contributed by atoms with Gasteiger partial charge in [0.2, 0.25) is 4.80 Å². The van der Waals surface area contributed by atoms with E-state index in [2.05, 4.69) is 14.6 Å². The predicted molar refractivity (Wildman–Crippen MR) is 132 cm³/mol. The number of aromatic nitrogens is 1. The van der Waals surface area contributed by atoms with Gasteiger partial charge in [-0.15, -0.1) is 11.3 Å². The van der Waals surface area contributed by atoms with Gasteiger partial charge in [-0.1, -0.05) is 17.7 Å². The van der Waals surface area contributed by atoms with Gasteiger partial charge in [-0.3, -0.25) is 0 Å². The molecule has 0 aliphatic heterocycles. The van der Waals surface area contributed by atoms with Gasteiger partial charge < -0.3 is 9.47 Å². The highest BCUT2D eigenvalue weighted by molar-refractivity contribution is 7.07. The Morgan fingerprint density at radius 2 is 1.44 bits per heavy atom. The summed E-state index contributed by atoms with van der Waals surface area (Å²) in [5, 5.41) is 6.45. The Bertz CT molecular complexity index is 1410. The molecule has 36 heavy (non-hydrogen) atoms. The van der Waals surface area contributed by atoms with Crippen molar-refractivity contribution >= 4 is 23.2 Å². The minimum absolute atomic E-state index is 0.0441. The first-order valence-electron chi connectivity index (χ1n) is 10.8. The summed E-state index contributed by atoms with van der Waals surface area (Å²) < 4.78 is 60.3. The van der Waals surface area contributed by atoms with E-state index >= 15 is 0 Å². The third-order valence-electron chi connectivity index (χ3n) is 5.06. The van der Waals surface area contributed by atoms with Gasteiger partial charge in [0.05, 0.1) is 17.6 Å². The number of benzene rings is 3. The SMILES string of the molecule is Cc1ccc(N=c2scc(-c3ccc(OC(F)F)cc3)n2/N=C/c2ccc(OC(F)F)cc2)c(C)c1. The lowest BCUT2D eigenvalue weighted by Crippen LogP contribution is -2.11. The van der Waals surface area contributed by atoms with E-state index in [1.807, 2.05) is 37.4 Å². The highest BCUT2D eigenvalue weighted by Gasteiger charge is 2.10. The van der Waals surface area contributed by atoms with Crippen molar-refractivity contribution in [2.45, 2.75) is 27.1 Å². The molecule has 186 valence electrons. The first-order chi connectivity index (χ1) is 17.3. The van der Waals surface area contributed by atoms with Gasteiger partial charge in [-0.25, -0.2) is 9.67 Å². The number of ether oxygens (including phenoxy) is 2. The second-order valence-electron chi connectivity index (χ2n) is 7.71. The van der Waals surface area contributed by atoms with Crippen molar-refractivity contribution < 1.29 is 27.0 Å². The predicted octanol–water partition coefficient (Wildman–Crippen LogP) is 7.15. The summed E-state index contributed by atoms with van der Waals surface area (Å²) in [6, 6.07) is 18.2. The Morgan fingerprint density at radius 3 is 2.03 bits per heavy atom. The average molecular weight is 516 g/mol. The molecule has 0 atom stereocenters. The fourth-order valence-electron chi connectivity index (χ4n) is 3.39. The van der Waals surface area contributed by atoms with Crippen LogP contribution in [0.4, 0.5) is 23.2 Å². The van der Waals surface area contributed by atoms with E-state index < -0.39 is 13.2 Å². The van der Waals surface area contributed by atoms with Crippen molar-refractivity contribution in [3.8, 4) is 22.8 Å². The maximum Gasteiger partial charge on any atom is 0.387 e. The van der Waals surface area contributed by atoms with Crippen LogP contribution in [0.15, 0.2) is 82.2 Å². The molecule has 0 N–H and O–H groups in total. The van der Waals surface area contributed by atoms with Crippen LogP contribution in [0.2, 0.25) is 0 Å². The Balaban J connectivity index is 1.74. The van der Waals surface area contributed by atoms with Crippen LogP contribution >= 0.6 is 11.3 Å². The van der Waals surface area contributed by atoms with Crippen LogP contribution in [-0.2, 0) is 0 Å². The van der Waals surface area contributed by atoms with Gasteiger partial charge in [0.15, 0.2) is 0 Å². The molecule has 0 saturated heterocycles. The van der Waals surface area contributed by atoms with Crippen LogP contribution < -0.4 is 14.3 Å². The van der Waals surface area contributed by atoms with Crippen molar-refractivity contribution in [1.82, 2.24) is 4.68 Å². The smallest absolute Gasteiger partial charge is 0.387 e. The fourth-order valence-corrected chi connectivity index (χ4v) is 4.24. The van der Waals surface area contributed by atoms with Gasteiger partial charge in [0.1, 0.15) is 11.5 Å². The molecule has 0 aliphatic carbocycles. The first kappa shape index (κ1) is 25.2. The van der Waals surface area contributed by atoms with Gasteiger partial charge in [-0.05, 0) is 79.6 Å². The molecule has 0 saturated carbocycles. The summed E-state index contributed by atoms with van der Waals surface area (Å²) in [5.74, 6) is 0.0907. The lowest BCUT2D eigenvalue weighted by molar-refractivity contribution is -0.0505. The molecule has 0 aliphatic rings. The number of hydrogen-bond acceptors (Lipinski definition) is 5. The third kappa shape index (κ3) is 6.39. The second kappa shape index (κ2) is 11.2. The molecule has 4 rings (SSSR count). The second-order valence-corrected chi connectivity index (χ2v) is 8.55. The number of aryl methyl sites for hydroxylation is 2. The van der Waals surface area contributed by atoms with Crippen LogP contribution in [0.25, 0.3) is 11.3 Å². The molecule has 0 fully saturated rings. The molecule has 0 bridgehead atoms. The zero-order valence-corrected chi connectivity index (χ0v) is 20.1. The Hall–Kier alpha value is -3.92. The molecule has 0 spiro atoms. The van der Waals surface area contributed by atoms with E-state index in [1.165, 1.54) is 35.6 Å². The van der Waals surface area contributed by atoms with Crippen LogP contribution in [0.3, 0.4) is 0 Å². The van der Waals surface area contributed by atoms with Gasteiger partial charge in [0, 0.05) is 10.9 Å². The third-order valence-corrected chi connectivity index (χ3v) is 5.87. The first-order valence-corrected chi connectivity index (χ1v) is 11.6. The minimum Gasteiger partial charge on any atom is -0.435 e. The van der Waals surface area contributed by atoms with E-state index in [-0.39, 0.29) is 11.5 Å². The van der Waals surface area contributed by atoms with Crippen molar-refractivity contribution in [3.63, 3.8) is 0 Å².